The Kier molecular flexibility index (Phi) is 3.36. The number of rotatable bonds is 4. The first-order valence-electron chi connectivity index (χ1n) is 5.66. The highest BCUT2D eigenvalue weighted by Crippen LogP contribution is 2.23. The molecule has 86 valence electrons. The molecule has 1 heterocycles. The molecule has 0 radical (unpaired) electrons. The predicted molar refractivity (Wildman–Crippen MR) is 62.3 cm³/mol. The molecule has 1 aliphatic rings. The summed E-state index contributed by atoms with van der Waals surface area (Å²) in [4.78, 5) is 13.5. The molecule has 0 saturated heterocycles. The first-order valence-corrected chi connectivity index (χ1v) is 5.66. The minimum Gasteiger partial charge on any atom is -0.396 e. The fourth-order valence-electron chi connectivity index (χ4n) is 2.14. The maximum atomic E-state index is 11.3. The highest BCUT2D eigenvalue weighted by atomic mass is 16.3. The molecule has 0 unspecified atom stereocenters. The van der Waals surface area contributed by atoms with Crippen molar-refractivity contribution in [3.8, 4) is 0 Å². The van der Waals surface area contributed by atoms with Gasteiger partial charge in [0.1, 0.15) is 0 Å². The van der Waals surface area contributed by atoms with Gasteiger partial charge in [0, 0.05) is 31.8 Å². The minimum absolute atomic E-state index is 0.122. The van der Waals surface area contributed by atoms with E-state index in [1.165, 1.54) is 11.1 Å². The first kappa shape index (κ1) is 11.3. The van der Waals surface area contributed by atoms with Crippen molar-refractivity contribution in [3.05, 3.63) is 34.9 Å². The molecule has 0 fully saturated rings. The van der Waals surface area contributed by atoms with Gasteiger partial charge in [-0.1, -0.05) is 12.1 Å². The van der Waals surface area contributed by atoms with Crippen molar-refractivity contribution in [2.75, 3.05) is 13.2 Å². The van der Waals surface area contributed by atoms with E-state index in [4.69, 9.17) is 5.11 Å². The SMILES string of the molecule is CC(=O)c1ccc2c(c1)CN(CCCO)C2. The Bertz CT molecular complexity index is 401. The standard InChI is InChI=1S/C13H17NO2/c1-10(16)11-3-4-12-8-14(5-2-6-15)9-13(12)7-11/h3-4,7,15H,2,5-6,8-9H2,1H3. The van der Waals surface area contributed by atoms with E-state index >= 15 is 0 Å². The zero-order valence-corrected chi connectivity index (χ0v) is 9.57. The average molecular weight is 219 g/mol. The molecule has 1 aromatic carbocycles. The van der Waals surface area contributed by atoms with E-state index < -0.39 is 0 Å². The van der Waals surface area contributed by atoms with Gasteiger partial charge in [-0.25, -0.2) is 0 Å². The maximum absolute atomic E-state index is 11.3. The molecule has 0 saturated carbocycles. The molecule has 0 aliphatic carbocycles. The molecule has 3 nitrogen and oxygen atoms in total. The fourth-order valence-corrected chi connectivity index (χ4v) is 2.14. The van der Waals surface area contributed by atoms with E-state index in [1.54, 1.807) is 6.92 Å². The lowest BCUT2D eigenvalue weighted by atomic mass is 10.0. The fraction of sp³-hybridized carbons (Fsp3) is 0.462. The molecule has 0 aromatic heterocycles. The smallest absolute Gasteiger partial charge is 0.159 e. The van der Waals surface area contributed by atoms with Crippen LogP contribution in [0.5, 0.6) is 0 Å². The number of nitrogens with zero attached hydrogens (tertiary/aromatic N) is 1. The van der Waals surface area contributed by atoms with Crippen molar-refractivity contribution < 1.29 is 9.90 Å². The van der Waals surface area contributed by atoms with E-state index in [9.17, 15) is 4.79 Å². The van der Waals surface area contributed by atoms with Crippen LogP contribution < -0.4 is 0 Å². The van der Waals surface area contributed by atoms with Crippen LogP contribution in [0.25, 0.3) is 0 Å². The lowest BCUT2D eigenvalue weighted by Gasteiger charge is -2.12. The highest BCUT2D eigenvalue weighted by molar-refractivity contribution is 5.94. The van der Waals surface area contributed by atoms with E-state index in [2.05, 4.69) is 4.90 Å². The van der Waals surface area contributed by atoms with Gasteiger partial charge in [-0.05, 0) is 30.5 Å². The van der Waals surface area contributed by atoms with Gasteiger partial charge in [0.2, 0.25) is 0 Å². The van der Waals surface area contributed by atoms with Crippen LogP contribution in [-0.4, -0.2) is 28.9 Å². The van der Waals surface area contributed by atoms with Crippen LogP contribution in [0.4, 0.5) is 0 Å². The Hall–Kier alpha value is -1.19. The lowest BCUT2D eigenvalue weighted by Crippen LogP contribution is -2.18. The second kappa shape index (κ2) is 4.76. The Morgan fingerprint density at radius 2 is 2.12 bits per heavy atom. The van der Waals surface area contributed by atoms with Gasteiger partial charge >= 0.3 is 0 Å². The van der Waals surface area contributed by atoms with Crippen molar-refractivity contribution >= 4 is 5.78 Å². The summed E-state index contributed by atoms with van der Waals surface area (Å²) in [7, 11) is 0. The van der Waals surface area contributed by atoms with Crippen LogP contribution in [0.3, 0.4) is 0 Å². The summed E-state index contributed by atoms with van der Waals surface area (Å²) >= 11 is 0. The van der Waals surface area contributed by atoms with Crippen molar-refractivity contribution in [2.45, 2.75) is 26.4 Å². The monoisotopic (exact) mass is 219 g/mol. The van der Waals surface area contributed by atoms with Crippen LogP contribution in [0.15, 0.2) is 18.2 Å². The van der Waals surface area contributed by atoms with Gasteiger partial charge in [0.15, 0.2) is 5.78 Å². The molecule has 1 N–H and O–H groups in total. The number of hydrogen-bond donors (Lipinski definition) is 1. The summed E-state index contributed by atoms with van der Waals surface area (Å²) in [6.07, 6.45) is 0.813. The Labute approximate surface area is 95.7 Å². The van der Waals surface area contributed by atoms with Gasteiger partial charge in [-0.3, -0.25) is 9.69 Å². The largest absolute Gasteiger partial charge is 0.396 e. The molecule has 0 bridgehead atoms. The second-order valence-electron chi connectivity index (χ2n) is 4.33. The summed E-state index contributed by atoms with van der Waals surface area (Å²) in [5, 5.41) is 8.79. The van der Waals surface area contributed by atoms with Crippen LogP contribution >= 0.6 is 0 Å². The van der Waals surface area contributed by atoms with Crippen LogP contribution in [0.2, 0.25) is 0 Å². The number of carbonyl (C=O) groups is 1. The number of Topliss-reactive ketones (excluding diaryl/α,β-unsaturated/α-hetero) is 1. The van der Waals surface area contributed by atoms with Crippen molar-refractivity contribution in [1.82, 2.24) is 4.90 Å². The van der Waals surface area contributed by atoms with Crippen molar-refractivity contribution in [3.63, 3.8) is 0 Å². The third kappa shape index (κ3) is 2.31. The summed E-state index contributed by atoms with van der Waals surface area (Å²) in [6.45, 7) is 4.59. The molecule has 0 spiro atoms. The van der Waals surface area contributed by atoms with E-state index in [0.717, 1.165) is 31.6 Å². The molecule has 1 aliphatic heterocycles. The first-order chi connectivity index (χ1) is 7.70. The van der Waals surface area contributed by atoms with Gasteiger partial charge in [-0.2, -0.15) is 0 Å². The number of aliphatic hydroxyl groups excluding tert-OH is 1. The van der Waals surface area contributed by atoms with Gasteiger partial charge in [0.05, 0.1) is 0 Å². The number of hydrogen-bond acceptors (Lipinski definition) is 3. The third-order valence-corrected chi connectivity index (χ3v) is 3.03. The number of carbonyl (C=O) groups excluding carboxylic acids is 1. The van der Waals surface area contributed by atoms with E-state index in [0.29, 0.717) is 0 Å². The molecule has 0 atom stereocenters. The van der Waals surface area contributed by atoms with Gasteiger partial charge in [0.25, 0.3) is 0 Å². The van der Waals surface area contributed by atoms with E-state index in [-0.39, 0.29) is 12.4 Å². The summed E-state index contributed by atoms with van der Waals surface area (Å²) in [5.74, 6) is 0.122. The van der Waals surface area contributed by atoms with Gasteiger partial charge < -0.3 is 5.11 Å². The summed E-state index contributed by atoms with van der Waals surface area (Å²) in [6, 6.07) is 5.94. The normalized spacial score (nSPS) is 15.1. The molecular formula is C13H17NO2. The average Bonchev–Trinajstić information content (AvgIpc) is 2.67. The van der Waals surface area contributed by atoms with Crippen LogP contribution in [0.1, 0.15) is 34.8 Å². The quantitative estimate of drug-likeness (QED) is 0.782. The Balaban J connectivity index is 2.09. The van der Waals surface area contributed by atoms with Crippen molar-refractivity contribution in [2.24, 2.45) is 0 Å². The predicted octanol–water partition coefficient (Wildman–Crippen LogP) is 1.59. The lowest BCUT2D eigenvalue weighted by molar-refractivity contribution is 0.101. The number of benzene rings is 1. The molecule has 2 rings (SSSR count). The van der Waals surface area contributed by atoms with E-state index in [1.807, 2.05) is 18.2 Å². The second-order valence-corrected chi connectivity index (χ2v) is 4.33. The van der Waals surface area contributed by atoms with Crippen molar-refractivity contribution in [1.29, 1.82) is 0 Å². The zero-order chi connectivity index (χ0) is 11.5. The topological polar surface area (TPSA) is 40.5 Å². The molecule has 3 heteroatoms. The number of fused-ring (bicyclic) bond motifs is 1. The molecular weight excluding hydrogens is 202 g/mol. The van der Waals surface area contributed by atoms with Crippen LogP contribution in [0, 0.1) is 0 Å². The molecule has 0 amide bonds. The Morgan fingerprint density at radius 1 is 1.38 bits per heavy atom. The molecule has 16 heavy (non-hydrogen) atoms. The number of aliphatic hydroxyl groups is 1. The zero-order valence-electron chi connectivity index (χ0n) is 9.57. The Morgan fingerprint density at radius 3 is 2.81 bits per heavy atom. The minimum atomic E-state index is 0.122. The highest BCUT2D eigenvalue weighted by Gasteiger charge is 2.18. The summed E-state index contributed by atoms with van der Waals surface area (Å²) in [5.41, 5.74) is 3.36. The molecule has 1 aromatic rings. The van der Waals surface area contributed by atoms with Gasteiger partial charge in [-0.15, -0.1) is 0 Å². The maximum Gasteiger partial charge on any atom is 0.159 e. The third-order valence-electron chi connectivity index (χ3n) is 3.03. The summed E-state index contributed by atoms with van der Waals surface area (Å²) < 4.78 is 0. The van der Waals surface area contributed by atoms with Crippen LogP contribution in [-0.2, 0) is 13.1 Å². The number of ketones is 1.